The lowest BCUT2D eigenvalue weighted by atomic mass is 10.1. The van der Waals surface area contributed by atoms with E-state index >= 15 is 0 Å². The van der Waals surface area contributed by atoms with Gasteiger partial charge in [-0.1, -0.05) is 24.3 Å². The molecule has 1 N–H and O–H groups in total. The Hall–Kier alpha value is -2.23. The summed E-state index contributed by atoms with van der Waals surface area (Å²) < 4.78 is 27.0. The van der Waals surface area contributed by atoms with Crippen LogP contribution in [0.1, 0.15) is 21.5 Å². The van der Waals surface area contributed by atoms with Crippen LogP contribution in [0.3, 0.4) is 0 Å². The maximum Gasteiger partial charge on any atom is 0.254 e. The van der Waals surface area contributed by atoms with Crippen LogP contribution in [0.2, 0.25) is 0 Å². The summed E-state index contributed by atoms with van der Waals surface area (Å²) in [5.74, 6) is -1.34. The van der Waals surface area contributed by atoms with E-state index in [1.807, 2.05) is 0 Å². The summed E-state index contributed by atoms with van der Waals surface area (Å²) in [7, 11) is 0. The maximum absolute atomic E-state index is 13.6. The third-order valence-corrected chi connectivity index (χ3v) is 3.01. The molecule has 0 saturated carbocycles. The molecule has 0 aromatic heterocycles. The van der Waals surface area contributed by atoms with Gasteiger partial charge in [-0.2, -0.15) is 0 Å². The molecule has 2 aromatic rings. The van der Waals surface area contributed by atoms with Gasteiger partial charge in [-0.25, -0.2) is 8.78 Å². The minimum absolute atomic E-state index is 0.00383. The number of halogens is 2. The Morgan fingerprint density at radius 2 is 1.85 bits per heavy atom. The summed E-state index contributed by atoms with van der Waals surface area (Å²) in [5.41, 5.74) is 1.28. The van der Waals surface area contributed by atoms with Crippen LogP contribution >= 0.6 is 0 Å². The van der Waals surface area contributed by atoms with E-state index in [1.54, 1.807) is 31.2 Å². The van der Waals surface area contributed by atoms with E-state index in [9.17, 15) is 13.6 Å². The van der Waals surface area contributed by atoms with Crippen LogP contribution in [0, 0.1) is 18.6 Å². The fraction of sp³-hybridized carbons (Fsp3) is 0.188. The molecule has 20 heavy (non-hydrogen) atoms. The first-order valence-electron chi connectivity index (χ1n) is 6.35. The lowest BCUT2D eigenvalue weighted by molar-refractivity contribution is 0.0950. The van der Waals surface area contributed by atoms with Gasteiger partial charge < -0.3 is 5.32 Å². The van der Waals surface area contributed by atoms with Crippen molar-refractivity contribution in [3.8, 4) is 0 Å². The van der Waals surface area contributed by atoms with Crippen LogP contribution in [-0.4, -0.2) is 12.5 Å². The zero-order chi connectivity index (χ0) is 14.5. The van der Waals surface area contributed by atoms with Gasteiger partial charge in [0, 0.05) is 6.54 Å². The predicted molar refractivity (Wildman–Crippen MR) is 73.6 cm³/mol. The summed E-state index contributed by atoms with van der Waals surface area (Å²) in [4.78, 5) is 11.8. The number of hydrogen-bond acceptors (Lipinski definition) is 1. The molecule has 0 spiro atoms. The topological polar surface area (TPSA) is 29.1 Å². The standard InChI is InChI=1S/C16H15F2NO/c1-11-6-7-13(15(18)10-11)16(20)19-9-8-12-4-2-3-5-14(12)17/h2-7,10H,8-9H2,1H3,(H,19,20). The Kier molecular flexibility index (Phi) is 4.45. The zero-order valence-electron chi connectivity index (χ0n) is 11.1. The first kappa shape index (κ1) is 14.2. The van der Waals surface area contributed by atoms with Crippen molar-refractivity contribution in [3.63, 3.8) is 0 Å². The number of benzene rings is 2. The second-order valence-electron chi connectivity index (χ2n) is 4.58. The van der Waals surface area contributed by atoms with E-state index in [0.717, 1.165) is 5.56 Å². The lowest BCUT2D eigenvalue weighted by Crippen LogP contribution is -2.26. The molecule has 104 valence electrons. The largest absolute Gasteiger partial charge is 0.352 e. The highest BCUT2D eigenvalue weighted by molar-refractivity contribution is 5.94. The van der Waals surface area contributed by atoms with E-state index in [4.69, 9.17) is 0 Å². The number of carbonyl (C=O) groups excluding carboxylic acids is 1. The van der Waals surface area contributed by atoms with Gasteiger partial charge in [0.25, 0.3) is 5.91 Å². The van der Waals surface area contributed by atoms with Crippen molar-refractivity contribution in [2.75, 3.05) is 6.54 Å². The Morgan fingerprint density at radius 1 is 1.10 bits per heavy atom. The molecule has 4 heteroatoms. The van der Waals surface area contributed by atoms with E-state index in [1.165, 1.54) is 18.2 Å². The molecule has 2 nitrogen and oxygen atoms in total. The number of hydrogen-bond donors (Lipinski definition) is 1. The summed E-state index contributed by atoms with van der Waals surface area (Å²) in [5, 5.41) is 2.59. The van der Waals surface area contributed by atoms with Crippen LogP contribution in [0.5, 0.6) is 0 Å². The molecule has 1 amide bonds. The summed E-state index contributed by atoms with van der Waals surface area (Å²) in [6, 6.07) is 10.8. The van der Waals surface area contributed by atoms with Gasteiger partial charge in [0.05, 0.1) is 5.56 Å². The van der Waals surface area contributed by atoms with Crippen LogP contribution in [0.4, 0.5) is 8.78 Å². The van der Waals surface area contributed by atoms with Crippen molar-refractivity contribution < 1.29 is 13.6 Å². The Balaban J connectivity index is 1.94. The molecular formula is C16H15F2NO. The summed E-state index contributed by atoms with van der Waals surface area (Å²) in [6.07, 6.45) is 0.367. The molecule has 0 atom stereocenters. The Morgan fingerprint density at radius 3 is 2.55 bits per heavy atom. The maximum atomic E-state index is 13.6. The van der Waals surface area contributed by atoms with E-state index < -0.39 is 11.7 Å². The van der Waals surface area contributed by atoms with Gasteiger partial charge >= 0.3 is 0 Å². The molecular weight excluding hydrogens is 260 g/mol. The van der Waals surface area contributed by atoms with Crippen molar-refractivity contribution in [1.82, 2.24) is 5.32 Å². The first-order valence-corrected chi connectivity index (χ1v) is 6.35. The third kappa shape index (κ3) is 3.41. The quantitative estimate of drug-likeness (QED) is 0.911. The molecule has 0 radical (unpaired) electrons. The SMILES string of the molecule is Cc1ccc(C(=O)NCCc2ccccc2F)c(F)c1. The van der Waals surface area contributed by atoms with Crippen LogP contribution < -0.4 is 5.32 Å². The molecule has 0 aliphatic heterocycles. The minimum Gasteiger partial charge on any atom is -0.352 e. The average molecular weight is 275 g/mol. The molecule has 2 aromatic carbocycles. The minimum atomic E-state index is -0.548. The first-order chi connectivity index (χ1) is 9.58. The molecule has 0 heterocycles. The highest BCUT2D eigenvalue weighted by Gasteiger charge is 2.11. The van der Waals surface area contributed by atoms with Gasteiger partial charge in [0.15, 0.2) is 0 Å². The van der Waals surface area contributed by atoms with E-state index in [2.05, 4.69) is 5.32 Å². The van der Waals surface area contributed by atoms with Crippen molar-refractivity contribution in [1.29, 1.82) is 0 Å². The number of rotatable bonds is 4. The van der Waals surface area contributed by atoms with Crippen molar-refractivity contribution in [2.45, 2.75) is 13.3 Å². The normalized spacial score (nSPS) is 10.3. The molecule has 0 saturated heterocycles. The monoisotopic (exact) mass is 275 g/mol. The van der Waals surface area contributed by atoms with E-state index in [0.29, 0.717) is 12.0 Å². The molecule has 0 unspecified atom stereocenters. The van der Waals surface area contributed by atoms with E-state index in [-0.39, 0.29) is 17.9 Å². The fourth-order valence-electron chi connectivity index (χ4n) is 1.91. The molecule has 0 fully saturated rings. The summed E-state index contributed by atoms with van der Waals surface area (Å²) >= 11 is 0. The second-order valence-corrected chi connectivity index (χ2v) is 4.58. The number of amides is 1. The number of nitrogens with one attached hydrogen (secondary N) is 1. The molecule has 0 aliphatic carbocycles. The van der Waals surface area contributed by atoms with Gasteiger partial charge in [-0.3, -0.25) is 4.79 Å². The van der Waals surface area contributed by atoms with Gasteiger partial charge in [0.2, 0.25) is 0 Å². The molecule has 2 rings (SSSR count). The highest BCUT2D eigenvalue weighted by Crippen LogP contribution is 2.10. The predicted octanol–water partition coefficient (Wildman–Crippen LogP) is 3.25. The van der Waals surface area contributed by atoms with Crippen LogP contribution in [0.25, 0.3) is 0 Å². The second kappa shape index (κ2) is 6.28. The fourth-order valence-corrected chi connectivity index (χ4v) is 1.91. The zero-order valence-corrected chi connectivity index (χ0v) is 11.1. The third-order valence-electron chi connectivity index (χ3n) is 3.01. The van der Waals surface area contributed by atoms with Crippen LogP contribution in [-0.2, 0) is 6.42 Å². The number of carbonyl (C=O) groups is 1. The van der Waals surface area contributed by atoms with Crippen LogP contribution in [0.15, 0.2) is 42.5 Å². The van der Waals surface area contributed by atoms with Crippen molar-refractivity contribution in [3.05, 3.63) is 70.8 Å². The summed E-state index contributed by atoms with van der Waals surface area (Å²) in [6.45, 7) is 2.01. The average Bonchev–Trinajstić information content (AvgIpc) is 2.40. The van der Waals surface area contributed by atoms with Gasteiger partial charge in [-0.05, 0) is 42.7 Å². The Labute approximate surface area is 116 Å². The molecule has 0 bridgehead atoms. The lowest BCUT2D eigenvalue weighted by Gasteiger charge is -2.07. The molecule has 0 aliphatic rings. The Bertz CT molecular complexity index is 626. The van der Waals surface area contributed by atoms with Gasteiger partial charge in [-0.15, -0.1) is 0 Å². The van der Waals surface area contributed by atoms with Crippen molar-refractivity contribution >= 4 is 5.91 Å². The highest BCUT2D eigenvalue weighted by atomic mass is 19.1. The van der Waals surface area contributed by atoms with Gasteiger partial charge in [0.1, 0.15) is 11.6 Å². The number of aryl methyl sites for hydroxylation is 1. The smallest absolute Gasteiger partial charge is 0.254 e. The van der Waals surface area contributed by atoms with Crippen molar-refractivity contribution in [2.24, 2.45) is 0 Å².